The van der Waals surface area contributed by atoms with Gasteiger partial charge in [-0.1, -0.05) is 0 Å². The van der Waals surface area contributed by atoms with Gasteiger partial charge in [0.05, 0.1) is 5.54 Å². The number of hydrazine groups is 1. The lowest BCUT2D eigenvalue weighted by molar-refractivity contribution is 0.0187. The van der Waals surface area contributed by atoms with Gasteiger partial charge < -0.3 is 10.1 Å². The van der Waals surface area contributed by atoms with E-state index in [1.54, 1.807) is 0 Å². The molecule has 1 fully saturated rings. The number of nitrogens with zero attached hydrogens (tertiary/aromatic N) is 1. The molecule has 0 unspecified atom stereocenters. The largest absolute Gasteiger partial charge is 0.442 e. The molecule has 1 aliphatic heterocycles. The van der Waals surface area contributed by atoms with E-state index < -0.39 is 11.6 Å². The number of amides is 1. The first kappa shape index (κ1) is 10.3. The number of hydrogen-bond donors (Lipinski definition) is 2. The summed E-state index contributed by atoms with van der Waals surface area (Å²) in [6.07, 6.45) is -0.472. The zero-order valence-electron chi connectivity index (χ0n) is 8.33. The summed E-state index contributed by atoms with van der Waals surface area (Å²) >= 11 is 0. The van der Waals surface area contributed by atoms with E-state index in [1.165, 1.54) is 0 Å². The van der Waals surface area contributed by atoms with Crippen molar-refractivity contribution >= 4 is 6.09 Å². The maximum absolute atomic E-state index is 11.3. The average molecular weight is 187 g/mol. The normalized spacial score (nSPS) is 17.8. The predicted octanol–water partition coefficient (Wildman–Crippen LogP) is 0.0690. The molecular weight excluding hydrogens is 170 g/mol. The van der Waals surface area contributed by atoms with Gasteiger partial charge in [0, 0.05) is 13.1 Å². The van der Waals surface area contributed by atoms with E-state index in [9.17, 15) is 4.79 Å². The molecule has 1 amide bonds. The number of hydrogen-bond acceptors (Lipinski definition) is 4. The molecule has 5 nitrogen and oxygen atoms in total. The third-order valence-corrected chi connectivity index (χ3v) is 1.93. The minimum atomic E-state index is -0.459. The van der Waals surface area contributed by atoms with E-state index in [0.29, 0.717) is 0 Å². The number of nitrogens with two attached hydrogens (primary N) is 1. The fraction of sp³-hybridized carbons (Fsp3) is 0.875. The Morgan fingerprint density at radius 3 is 2.38 bits per heavy atom. The molecule has 3 N–H and O–H groups in total. The molecule has 0 aliphatic carbocycles. The molecule has 0 aromatic heterocycles. The molecule has 1 heterocycles. The standard InChI is InChI=1S/C8H17N3O2/c1-8(2,3)11(9)7(12)13-6-4-10-5-6/h6,10H,4-5,9H2,1-3H3. The molecule has 0 saturated carbocycles. The van der Waals surface area contributed by atoms with E-state index in [-0.39, 0.29) is 6.10 Å². The van der Waals surface area contributed by atoms with Gasteiger partial charge in [-0.15, -0.1) is 0 Å². The van der Waals surface area contributed by atoms with Gasteiger partial charge in [0.1, 0.15) is 6.10 Å². The van der Waals surface area contributed by atoms with Crippen LogP contribution in [0.2, 0.25) is 0 Å². The summed E-state index contributed by atoms with van der Waals surface area (Å²) in [5, 5.41) is 4.12. The first-order valence-electron chi connectivity index (χ1n) is 4.37. The van der Waals surface area contributed by atoms with Crippen LogP contribution in [0.15, 0.2) is 0 Å². The van der Waals surface area contributed by atoms with Crippen LogP contribution in [-0.4, -0.2) is 35.8 Å². The second kappa shape index (κ2) is 3.51. The Bertz CT molecular complexity index is 196. The summed E-state index contributed by atoms with van der Waals surface area (Å²) in [4.78, 5) is 11.3. The number of nitrogens with one attached hydrogen (secondary N) is 1. The van der Waals surface area contributed by atoms with Crippen molar-refractivity contribution < 1.29 is 9.53 Å². The fourth-order valence-corrected chi connectivity index (χ4v) is 0.819. The van der Waals surface area contributed by atoms with E-state index in [2.05, 4.69) is 5.32 Å². The second-order valence-electron chi connectivity index (χ2n) is 4.20. The van der Waals surface area contributed by atoms with Gasteiger partial charge in [0.2, 0.25) is 0 Å². The molecule has 0 spiro atoms. The second-order valence-corrected chi connectivity index (χ2v) is 4.20. The highest BCUT2D eigenvalue weighted by Crippen LogP contribution is 2.11. The molecule has 0 bridgehead atoms. The van der Waals surface area contributed by atoms with E-state index in [4.69, 9.17) is 10.6 Å². The summed E-state index contributed by atoms with van der Waals surface area (Å²) in [5.41, 5.74) is -0.395. The Hall–Kier alpha value is -0.810. The zero-order chi connectivity index (χ0) is 10.1. The molecule has 0 atom stereocenters. The van der Waals surface area contributed by atoms with Gasteiger partial charge in [-0.3, -0.25) is 0 Å². The average Bonchev–Trinajstić information content (AvgIpc) is 1.93. The highest BCUT2D eigenvalue weighted by atomic mass is 16.6. The van der Waals surface area contributed by atoms with Crippen molar-refractivity contribution in [3.63, 3.8) is 0 Å². The lowest BCUT2D eigenvalue weighted by Gasteiger charge is -2.34. The molecule has 0 radical (unpaired) electrons. The smallest absolute Gasteiger partial charge is 0.424 e. The molecule has 1 saturated heterocycles. The zero-order valence-corrected chi connectivity index (χ0v) is 8.33. The van der Waals surface area contributed by atoms with Crippen molar-refractivity contribution in [1.29, 1.82) is 0 Å². The monoisotopic (exact) mass is 187 g/mol. The quantitative estimate of drug-likeness (QED) is 0.346. The van der Waals surface area contributed by atoms with Crippen molar-refractivity contribution in [1.82, 2.24) is 10.3 Å². The Morgan fingerprint density at radius 2 is 2.08 bits per heavy atom. The maximum atomic E-state index is 11.3. The molecule has 76 valence electrons. The topological polar surface area (TPSA) is 67.6 Å². The first-order chi connectivity index (χ1) is 5.91. The number of rotatable bonds is 1. The van der Waals surface area contributed by atoms with Crippen LogP contribution in [0.3, 0.4) is 0 Å². The molecule has 0 aromatic rings. The van der Waals surface area contributed by atoms with Crippen LogP contribution < -0.4 is 11.2 Å². The van der Waals surface area contributed by atoms with Gasteiger partial charge >= 0.3 is 6.09 Å². The van der Waals surface area contributed by atoms with Gasteiger partial charge in [-0.05, 0) is 20.8 Å². The summed E-state index contributed by atoms with van der Waals surface area (Å²) in [6, 6.07) is 0. The number of carbonyl (C=O) groups excluding carboxylic acids is 1. The SMILES string of the molecule is CC(C)(C)N(N)C(=O)OC1CNC1. The Kier molecular flexibility index (Phi) is 2.77. The van der Waals surface area contributed by atoms with E-state index >= 15 is 0 Å². The van der Waals surface area contributed by atoms with Gasteiger partial charge in [0.25, 0.3) is 0 Å². The minimum absolute atomic E-state index is 0.0131. The first-order valence-corrected chi connectivity index (χ1v) is 4.37. The maximum Gasteiger partial charge on any atom is 0.424 e. The van der Waals surface area contributed by atoms with Crippen LogP contribution in [0.1, 0.15) is 20.8 Å². The molecular formula is C8H17N3O2. The summed E-state index contributed by atoms with van der Waals surface area (Å²) in [5.74, 6) is 5.56. The summed E-state index contributed by atoms with van der Waals surface area (Å²) < 4.78 is 5.07. The van der Waals surface area contributed by atoms with Gasteiger partial charge in [0.15, 0.2) is 0 Å². The van der Waals surface area contributed by atoms with Crippen molar-refractivity contribution in [3.8, 4) is 0 Å². The van der Waals surface area contributed by atoms with Crippen LogP contribution in [0.4, 0.5) is 4.79 Å². The third-order valence-electron chi connectivity index (χ3n) is 1.93. The highest BCUT2D eigenvalue weighted by molar-refractivity contribution is 5.68. The van der Waals surface area contributed by atoms with Crippen LogP contribution in [-0.2, 0) is 4.74 Å². The van der Waals surface area contributed by atoms with Crippen molar-refractivity contribution in [2.24, 2.45) is 5.84 Å². The Labute approximate surface area is 78.2 Å². The molecule has 13 heavy (non-hydrogen) atoms. The van der Waals surface area contributed by atoms with Gasteiger partial charge in [-0.2, -0.15) is 0 Å². The van der Waals surface area contributed by atoms with Crippen LogP contribution in [0.5, 0.6) is 0 Å². The van der Waals surface area contributed by atoms with E-state index in [0.717, 1.165) is 18.1 Å². The van der Waals surface area contributed by atoms with Gasteiger partial charge in [-0.25, -0.2) is 15.6 Å². The van der Waals surface area contributed by atoms with Crippen LogP contribution >= 0.6 is 0 Å². The van der Waals surface area contributed by atoms with E-state index in [1.807, 2.05) is 20.8 Å². The van der Waals surface area contributed by atoms with Crippen LogP contribution in [0.25, 0.3) is 0 Å². The Balaban J connectivity index is 2.37. The summed E-state index contributed by atoms with van der Waals surface area (Å²) in [6.45, 7) is 7.02. The molecule has 0 aromatic carbocycles. The number of carbonyl (C=O) groups is 1. The molecule has 5 heteroatoms. The van der Waals surface area contributed by atoms with Crippen molar-refractivity contribution in [3.05, 3.63) is 0 Å². The van der Waals surface area contributed by atoms with Crippen molar-refractivity contribution in [2.45, 2.75) is 32.4 Å². The molecule has 1 aliphatic rings. The lowest BCUT2D eigenvalue weighted by Crippen LogP contribution is -2.56. The lowest BCUT2D eigenvalue weighted by atomic mass is 10.1. The van der Waals surface area contributed by atoms with Crippen LogP contribution in [0, 0.1) is 0 Å². The highest BCUT2D eigenvalue weighted by Gasteiger charge is 2.28. The predicted molar refractivity (Wildman–Crippen MR) is 48.9 cm³/mol. The third kappa shape index (κ3) is 2.57. The Morgan fingerprint density at radius 1 is 1.54 bits per heavy atom. The number of ether oxygens (including phenoxy) is 1. The molecule has 1 rings (SSSR count). The minimum Gasteiger partial charge on any atom is -0.442 e. The summed E-state index contributed by atoms with van der Waals surface area (Å²) in [7, 11) is 0. The fourth-order valence-electron chi connectivity index (χ4n) is 0.819. The van der Waals surface area contributed by atoms with Crippen molar-refractivity contribution in [2.75, 3.05) is 13.1 Å².